The SMILES string of the molecule is CC1(C)CC(=O)N2CCCc3cc(CCCl)cc1c32. The van der Waals surface area contributed by atoms with E-state index >= 15 is 0 Å². The van der Waals surface area contributed by atoms with Gasteiger partial charge in [-0.2, -0.15) is 0 Å². The summed E-state index contributed by atoms with van der Waals surface area (Å²) in [5.74, 6) is 0.935. The van der Waals surface area contributed by atoms with Crippen LogP contribution >= 0.6 is 11.6 Å². The Morgan fingerprint density at radius 1 is 1.37 bits per heavy atom. The lowest BCUT2D eigenvalue weighted by Crippen LogP contribution is -2.44. The van der Waals surface area contributed by atoms with Gasteiger partial charge in [-0.3, -0.25) is 4.79 Å². The Kier molecular flexibility index (Phi) is 3.09. The average molecular weight is 278 g/mol. The maximum Gasteiger partial charge on any atom is 0.227 e. The zero-order chi connectivity index (χ0) is 13.6. The summed E-state index contributed by atoms with van der Waals surface area (Å²) >= 11 is 5.89. The van der Waals surface area contributed by atoms with E-state index in [1.807, 2.05) is 4.90 Å². The van der Waals surface area contributed by atoms with Crippen LogP contribution in [0, 0.1) is 0 Å². The van der Waals surface area contributed by atoms with E-state index in [-0.39, 0.29) is 11.3 Å². The molecule has 0 atom stereocenters. The molecule has 1 aromatic carbocycles. The molecule has 0 N–H and O–H groups in total. The van der Waals surface area contributed by atoms with Gasteiger partial charge in [-0.1, -0.05) is 26.0 Å². The van der Waals surface area contributed by atoms with Gasteiger partial charge in [0.2, 0.25) is 5.91 Å². The Morgan fingerprint density at radius 2 is 2.16 bits per heavy atom. The number of alkyl halides is 1. The molecule has 0 saturated carbocycles. The van der Waals surface area contributed by atoms with E-state index in [9.17, 15) is 4.79 Å². The van der Waals surface area contributed by atoms with Gasteiger partial charge >= 0.3 is 0 Å². The van der Waals surface area contributed by atoms with Gasteiger partial charge in [-0.25, -0.2) is 0 Å². The number of rotatable bonds is 2. The fourth-order valence-electron chi connectivity index (χ4n) is 3.40. The quantitative estimate of drug-likeness (QED) is 0.759. The molecule has 0 aromatic heterocycles. The number of hydrogen-bond acceptors (Lipinski definition) is 1. The van der Waals surface area contributed by atoms with E-state index in [0.29, 0.717) is 12.3 Å². The van der Waals surface area contributed by atoms with E-state index in [2.05, 4.69) is 26.0 Å². The van der Waals surface area contributed by atoms with Crippen molar-refractivity contribution in [2.75, 3.05) is 17.3 Å². The van der Waals surface area contributed by atoms with Crippen molar-refractivity contribution in [3.05, 3.63) is 28.8 Å². The molecule has 2 heterocycles. The third-order valence-electron chi connectivity index (χ3n) is 4.35. The highest BCUT2D eigenvalue weighted by Gasteiger charge is 2.39. The van der Waals surface area contributed by atoms with E-state index in [1.165, 1.54) is 22.4 Å². The minimum atomic E-state index is -0.0582. The zero-order valence-electron chi connectivity index (χ0n) is 11.6. The summed E-state index contributed by atoms with van der Waals surface area (Å²) in [4.78, 5) is 14.3. The number of aryl methyl sites for hydroxylation is 2. The monoisotopic (exact) mass is 277 g/mol. The highest BCUT2D eigenvalue weighted by molar-refractivity contribution is 6.18. The molecule has 2 nitrogen and oxygen atoms in total. The first kappa shape index (κ1) is 13.0. The van der Waals surface area contributed by atoms with Crippen LogP contribution in [0.15, 0.2) is 12.1 Å². The summed E-state index contributed by atoms with van der Waals surface area (Å²) in [5, 5.41) is 0. The van der Waals surface area contributed by atoms with Crippen molar-refractivity contribution in [3.8, 4) is 0 Å². The van der Waals surface area contributed by atoms with Crippen LogP contribution < -0.4 is 4.90 Å². The topological polar surface area (TPSA) is 20.3 Å². The highest BCUT2D eigenvalue weighted by atomic mass is 35.5. The van der Waals surface area contributed by atoms with Crippen LogP contribution in [-0.4, -0.2) is 18.3 Å². The first-order chi connectivity index (χ1) is 9.03. The van der Waals surface area contributed by atoms with Crippen molar-refractivity contribution in [3.63, 3.8) is 0 Å². The second-order valence-corrected chi connectivity index (χ2v) is 6.68. The fourth-order valence-corrected chi connectivity index (χ4v) is 3.61. The molecule has 0 saturated heterocycles. The van der Waals surface area contributed by atoms with E-state index in [0.717, 1.165) is 25.8 Å². The van der Waals surface area contributed by atoms with Gasteiger partial charge < -0.3 is 4.90 Å². The first-order valence-electron chi connectivity index (χ1n) is 7.05. The average Bonchev–Trinajstić information content (AvgIpc) is 2.35. The highest BCUT2D eigenvalue weighted by Crippen LogP contribution is 2.44. The lowest BCUT2D eigenvalue weighted by atomic mass is 9.74. The van der Waals surface area contributed by atoms with Crippen LogP contribution in [0.1, 0.15) is 43.4 Å². The molecule has 2 aliphatic rings. The van der Waals surface area contributed by atoms with Gasteiger partial charge in [-0.15, -0.1) is 11.6 Å². The molecule has 1 aromatic rings. The molecule has 1 amide bonds. The Morgan fingerprint density at radius 3 is 2.89 bits per heavy atom. The van der Waals surface area contributed by atoms with Crippen molar-refractivity contribution < 1.29 is 4.79 Å². The van der Waals surface area contributed by atoms with Crippen LogP contribution in [0.4, 0.5) is 5.69 Å². The number of amides is 1. The van der Waals surface area contributed by atoms with E-state index in [1.54, 1.807) is 0 Å². The Balaban J connectivity index is 2.20. The molecular formula is C16H20ClNO. The largest absolute Gasteiger partial charge is 0.312 e. The third kappa shape index (κ3) is 2.06. The first-order valence-corrected chi connectivity index (χ1v) is 7.59. The predicted molar refractivity (Wildman–Crippen MR) is 79.2 cm³/mol. The lowest BCUT2D eigenvalue weighted by Gasteiger charge is -2.42. The number of carbonyl (C=O) groups excluding carboxylic acids is 1. The molecular weight excluding hydrogens is 258 g/mol. The smallest absolute Gasteiger partial charge is 0.227 e. The number of hydrogen-bond donors (Lipinski definition) is 0. The number of anilines is 1. The van der Waals surface area contributed by atoms with Crippen LogP contribution in [0.3, 0.4) is 0 Å². The summed E-state index contributed by atoms with van der Waals surface area (Å²) in [6, 6.07) is 4.52. The van der Waals surface area contributed by atoms with Crippen molar-refractivity contribution in [1.82, 2.24) is 0 Å². The minimum Gasteiger partial charge on any atom is -0.312 e. The molecule has 0 spiro atoms. The van der Waals surface area contributed by atoms with Gasteiger partial charge in [0, 0.05) is 24.3 Å². The van der Waals surface area contributed by atoms with Gasteiger partial charge in [0.05, 0.1) is 5.69 Å². The van der Waals surface area contributed by atoms with Crippen LogP contribution in [0.5, 0.6) is 0 Å². The Labute approximate surface area is 119 Å². The molecule has 0 aliphatic carbocycles. The van der Waals surface area contributed by atoms with Crippen molar-refractivity contribution in [1.29, 1.82) is 0 Å². The standard InChI is InChI=1S/C16H20ClNO/c1-16(2)10-14(19)18-7-3-4-12-8-11(5-6-17)9-13(16)15(12)18/h8-9H,3-7,10H2,1-2H3. The summed E-state index contributed by atoms with van der Waals surface area (Å²) in [6.07, 6.45) is 3.68. The normalized spacial score (nSPS) is 20.4. The predicted octanol–water partition coefficient (Wildman–Crippen LogP) is 3.43. The van der Waals surface area contributed by atoms with E-state index < -0.39 is 0 Å². The summed E-state index contributed by atoms with van der Waals surface area (Å²) in [7, 11) is 0. The lowest BCUT2D eigenvalue weighted by molar-refractivity contribution is -0.120. The summed E-state index contributed by atoms with van der Waals surface area (Å²) < 4.78 is 0. The molecule has 0 bridgehead atoms. The molecule has 3 rings (SSSR count). The Bertz CT molecular complexity index is 536. The van der Waals surface area contributed by atoms with Crippen molar-refractivity contribution >= 4 is 23.2 Å². The fraction of sp³-hybridized carbons (Fsp3) is 0.562. The van der Waals surface area contributed by atoms with Gasteiger partial charge in [0.15, 0.2) is 0 Å². The molecule has 102 valence electrons. The third-order valence-corrected chi connectivity index (χ3v) is 4.54. The molecule has 19 heavy (non-hydrogen) atoms. The summed E-state index contributed by atoms with van der Waals surface area (Å²) in [5.41, 5.74) is 5.13. The van der Waals surface area contributed by atoms with Crippen LogP contribution in [0.2, 0.25) is 0 Å². The molecule has 0 unspecified atom stereocenters. The van der Waals surface area contributed by atoms with Gasteiger partial charge in [0.25, 0.3) is 0 Å². The second-order valence-electron chi connectivity index (χ2n) is 6.30. The number of benzene rings is 1. The van der Waals surface area contributed by atoms with Crippen molar-refractivity contribution in [2.45, 2.75) is 44.9 Å². The number of carbonyl (C=O) groups is 1. The maximum atomic E-state index is 12.3. The van der Waals surface area contributed by atoms with Crippen molar-refractivity contribution in [2.24, 2.45) is 0 Å². The number of nitrogens with zero attached hydrogens (tertiary/aromatic N) is 1. The minimum absolute atomic E-state index is 0.0582. The maximum absolute atomic E-state index is 12.3. The number of halogens is 1. The molecule has 2 aliphatic heterocycles. The zero-order valence-corrected chi connectivity index (χ0v) is 12.4. The van der Waals surface area contributed by atoms with Crippen LogP contribution in [0.25, 0.3) is 0 Å². The van der Waals surface area contributed by atoms with E-state index in [4.69, 9.17) is 11.6 Å². The summed E-state index contributed by atoms with van der Waals surface area (Å²) in [6.45, 7) is 5.23. The Hall–Kier alpha value is -1.02. The molecule has 3 heteroatoms. The van der Waals surface area contributed by atoms with Gasteiger partial charge in [0.1, 0.15) is 0 Å². The molecule has 0 fully saturated rings. The van der Waals surface area contributed by atoms with Crippen LogP contribution in [-0.2, 0) is 23.1 Å². The second kappa shape index (κ2) is 4.52. The molecule has 0 radical (unpaired) electrons. The van der Waals surface area contributed by atoms with Gasteiger partial charge in [-0.05, 0) is 36.0 Å².